The highest BCUT2D eigenvalue weighted by molar-refractivity contribution is 5.85. The lowest BCUT2D eigenvalue weighted by Crippen LogP contribution is -2.50. The Hall–Kier alpha value is -1.30. The summed E-state index contributed by atoms with van der Waals surface area (Å²) in [6.07, 6.45) is 0.616. The molecule has 0 bridgehead atoms. The van der Waals surface area contributed by atoms with Gasteiger partial charge in [0.15, 0.2) is 0 Å². The van der Waals surface area contributed by atoms with Crippen molar-refractivity contribution in [3.8, 4) is 0 Å². The van der Waals surface area contributed by atoms with Crippen LogP contribution in [0.15, 0.2) is 0 Å². The van der Waals surface area contributed by atoms with Crippen LogP contribution in [0.1, 0.15) is 40.5 Å². The fraction of sp³-hybridized carbons (Fsp3) is 0.846. The molecule has 6 nitrogen and oxygen atoms in total. The molecule has 19 heavy (non-hydrogen) atoms. The number of rotatable bonds is 4. The lowest BCUT2D eigenvalue weighted by molar-refractivity contribution is -0.126. The molecular formula is C13H24N2O4. The van der Waals surface area contributed by atoms with E-state index >= 15 is 0 Å². The van der Waals surface area contributed by atoms with Crippen LogP contribution in [0, 0.1) is 0 Å². The first kappa shape index (κ1) is 15.8. The Labute approximate surface area is 114 Å². The van der Waals surface area contributed by atoms with Crippen molar-refractivity contribution in [1.29, 1.82) is 0 Å². The van der Waals surface area contributed by atoms with Gasteiger partial charge in [0.25, 0.3) is 0 Å². The van der Waals surface area contributed by atoms with Gasteiger partial charge in [0.05, 0.1) is 6.10 Å². The van der Waals surface area contributed by atoms with E-state index in [1.54, 1.807) is 20.8 Å². The van der Waals surface area contributed by atoms with Crippen LogP contribution in [0.4, 0.5) is 4.79 Å². The largest absolute Gasteiger partial charge is 0.444 e. The van der Waals surface area contributed by atoms with Crippen molar-refractivity contribution in [3.05, 3.63) is 0 Å². The Kier molecular flexibility index (Phi) is 5.17. The number of primary amides is 1. The monoisotopic (exact) mass is 272 g/mol. The van der Waals surface area contributed by atoms with Crippen LogP contribution in [0.3, 0.4) is 0 Å². The topological polar surface area (TPSA) is 81.9 Å². The zero-order chi connectivity index (χ0) is 14.6. The van der Waals surface area contributed by atoms with E-state index in [0.717, 1.165) is 6.42 Å². The van der Waals surface area contributed by atoms with Gasteiger partial charge in [-0.25, -0.2) is 4.79 Å². The van der Waals surface area contributed by atoms with Crippen LogP contribution in [0.25, 0.3) is 0 Å². The van der Waals surface area contributed by atoms with Crippen molar-refractivity contribution in [2.75, 3.05) is 13.2 Å². The van der Waals surface area contributed by atoms with Gasteiger partial charge < -0.3 is 15.2 Å². The van der Waals surface area contributed by atoms with Gasteiger partial charge in [-0.3, -0.25) is 9.69 Å². The molecule has 110 valence electrons. The summed E-state index contributed by atoms with van der Waals surface area (Å²) in [4.78, 5) is 25.0. The summed E-state index contributed by atoms with van der Waals surface area (Å²) < 4.78 is 10.9. The molecule has 0 aromatic carbocycles. The minimum Gasteiger partial charge on any atom is -0.444 e. The van der Waals surface area contributed by atoms with E-state index in [1.807, 2.05) is 6.92 Å². The Morgan fingerprint density at radius 1 is 1.37 bits per heavy atom. The SMILES string of the molecule is CCCOC1CCN(C(=O)OC(C)(C)C)C1C(N)=O. The van der Waals surface area contributed by atoms with Crippen molar-refractivity contribution < 1.29 is 19.1 Å². The first-order chi connectivity index (χ1) is 8.76. The molecule has 1 saturated heterocycles. The molecule has 2 N–H and O–H groups in total. The lowest BCUT2D eigenvalue weighted by atomic mass is 10.1. The van der Waals surface area contributed by atoms with E-state index in [4.69, 9.17) is 15.2 Å². The number of hydrogen-bond donors (Lipinski definition) is 1. The summed E-state index contributed by atoms with van der Waals surface area (Å²) in [5, 5.41) is 0. The Morgan fingerprint density at radius 2 is 2.00 bits per heavy atom. The number of carbonyl (C=O) groups is 2. The Morgan fingerprint density at radius 3 is 2.47 bits per heavy atom. The van der Waals surface area contributed by atoms with Crippen molar-refractivity contribution in [2.24, 2.45) is 5.73 Å². The molecule has 2 atom stereocenters. The van der Waals surface area contributed by atoms with Gasteiger partial charge in [-0.05, 0) is 33.6 Å². The zero-order valence-electron chi connectivity index (χ0n) is 12.1. The third kappa shape index (κ3) is 4.38. The van der Waals surface area contributed by atoms with Gasteiger partial charge >= 0.3 is 6.09 Å². The number of ether oxygens (including phenoxy) is 2. The molecule has 1 aliphatic heterocycles. The second-order valence-electron chi connectivity index (χ2n) is 5.72. The summed E-state index contributed by atoms with van der Waals surface area (Å²) >= 11 is 0. The van der Waals surface area contributed by atoms with E-state index < -0.39 is 23.6 Å². The van der Waals surface area contributed by atoms with Crippen LogP contribution in [0.2, 0.25) is 0 Å². The summed E-state index contributed by atoms with van der Waals surface area (Å²) in [5.74, 6) is -0.551. The quantitative estimate of drug-likeness (QED) is 0.835. The predicted molar refractivity (Wildman–Crippen MR) is 70.6 cm³/mol. The minimum absolute atomic E-state index is 0.329. The Bertz CT molecular complexity index is 338. The predicted octanol–water partition coefficient (Wildman–Crippen LogP) is 1.28. The highest BCUT2D eigenvalue weighted by Crippen LogP contribution is 2.23. The fourth-order valence-corrected chi connectivity index (χ4v) is 2.07. The van der Waals surface area contributed by atoms with Crippen LogP contribution in [-0.2, 0) is 14.3 Å². The smallest absolute Gasteiger partial charge is 0.411 e. The van der Waals surface area contributed by atoms with E-state index in [2.05, 4.69) is 0 Å². The summed E-state index contributed by atoms with van der Waals surface area (Å²) in [5.41, 5.74) is 4.79. The highest BCUT2D eigenvalue weighted by Gasteiger charge is 2.43. The highest BCUT2D eigenvalue weighted by atomic mass is 16.6. The number of amides is 2. The van der Waals surface area contributed by atoms with Crippen molar-refractivity contribution in [1.82, 2.24) is 4.90 Å². The Balaban J connectivity index is 2.73. The molecule has 1 fully saturated rings. The van der Waals surface area contributed by atoms with Crippen LogP contribution in [-0.4, -0.2) is 47.8 Å². The van der Waals surface area contributed by atoms with Crippen molar-refractivity contribution in [3.63, 3.8) is 0 Å². The standard InChI is InChI=1S/C13H24N2O4/c1-5-8-18-9-6-7-15(10(9)11(14)16)12(17)19-13(2,3)4/h9-10H,5-8H2,1-4H3,(H2,14,16). The number of nitrogens with two attached hydrogens (primary N) is 1. The van der Waals surface area contributed by atoms with E-state index in [1.165, 1.54) is 4.90 Å². The molecule has 0 radical (unpaired) electrons. The average Bonchev–Trinajstić information content (AvgIpc) is 2.67. The van der Waals surface area contributed by atoms with E-state index in [-0.39, 0.29) is 6.10 Å². The molecule has 0 aliphatic carbocycles. The van der Waals surface area contributed by atoms with Crippen molar-refractivity contribution >= 4 is 12.0 Å². The van der Waals surface area contributed by atoms with Gasteiger partial charge in [0.2, 0.25) is 5.91 Å². The number of carbonyl (C=O) groups excluding carboxylic acids is 2. The molecule has 2 unspecified atom stereocenters. The van der Waals surface area contributed by atoms with Crippen LogP contribution < -0.4 is 5.73 Å². The average molecular weight is 272 g/mol. The third-order valence-electron chi connectivity index (χ3n) is 2.80. The van der Waals surface area contributed by atoms with Gasteiger partial charge in [0.1, 0.15) is 11.6 Å². The number of likely N-dealkylation sites (tertiary alicyclic amines) is 1. The van der Waals surface area contributed by atoms with Crippen molar-refractivity contribution in [2.45, 2.75) is 58.3 Å². The van der Waals surface area contributed by atoms with Crippen LogP contribution >= 0.6 is 0 Å². The summed E-state index contributed by atoms with van der Waals surface area (Å²) in [6.45, 7) is 8.31. The summed E-state index contributed by atoms with van der Waals surface area (Å²) in [6, 6.07) is -0.735. The molecule has 1 aliphatic rings. The lowest BCUT2D eigenvalue weighted by Gasteiger charge is -2.28. The third-order valence-corrected chi connectivity index (χ3v) is 2.80. The van der Waals surface area contributed by atoms with Crippen LogP contribution in [0.5, 0.6) is 0 Å². The zero-order valence-corrected chi connectivity index (χ0v) is 12.1. The molecule has 0 aromatic rings. The first-order valence-electron chi connectivity index (χ1n) is 6.66. The maximum Gasteiger partial charge on any atom is 0.411 e. The molecule has 0 spiro atoms. The molecule has 0 aromatic heterocycles. The number of nitrogens with zero attached hydrogens (tertiary/aromatic N) is 1. The molecule has 0 saturated carbocycles. The van der Waals surface area contributed by atoms with Gasteiger partial charge in [-0.1, -0.05) is 6.92 Å². The van der Waals surface area contributed by atoms with E-state index in [0.29, 0.717) is 19.6 Å². The number of hydrogen-bond acceptors (Lipinski definition) is 4. The molecule has 1 heterocycles. The molecule has 2 amide bonds. The van der Waals surface area contributed by atoms with Gasteiger partial charge in [-0.2, -0.15) is 0 Å². The molecular weight excluding hydrogens is 248 g/mol. The first-order valence-corrected chi connectivity index (χ1v) is 6.66. The molecule has 6 heteroatoms. The maximum atomic E-state index is 12.0. The normalized spacial score (nSPS) is 23.5. The molecule has 1 rings (SSSR count). The van der Waals surface area contributed by atoms with Gasteiger partial charge in [0, 0.05) is 13.2 Å². The minimum atomic E-state index is -0.735. The maximum absolute atomic E-state index is 12.0. The van der Waals surface area contributed by atoms with E-state index in [9.17, 15) is 9.59 Å². The summed E-state index contributed by atoms with van der Waals surface area (Å²) in [7, 11) is 0. The second-order valence-corrected chi connectivity index (χ2v) is 5.72. The second kappa shape index (κ2) is 6.23. The van der Waals surface area contributed by atoms with Gasteiger partial charge in [-0.15, -0.1) is 0 Å². The fourth-order valence-electron chi connectivity index (χ4n) is 2.07.